The number of hydrogen-bond acceptors (Lipinski definition) is 5. The lowest BCUT2D eigenvalue weighted by atomic mass is 10.1. The molecule has 0 saturated carbocycles. The van der Waals surface area contributed by atoms with Gasteiger partial charge in [0.05, 0.1) is 19.8 Å². The van der Waals surface area contributed by atoms with E-state index in [0.29, 0.717) is 25.5 Å². The molecule has 1 atom stereocenters. The summed E-state index contributed by atoms with van der Waals surface area (Å²) in [7, 11) is 4.03. The monoisotopic (exact) mass is 346 g/mol. The highest BCUT2D eigenvalue weighted by Crippen LogP contribution is 2.27. The molecule has 2 aromatic heterocycles. The van der Waals surface area contributed by atoms with Crippen LogP contribution in [0.1, 0.15) is 35.0 Å². The first-order chi connectivity index (χ1) is 12.1. The SMILES string of the molecule is CCc1ccc(C2COCCN2C(=O)c2ccn(CCN(C)C)n2)o1. The van der Waals surface area contributed by atoms with Gasteiger partial charge in [-0.2, -0.15) is 5.10 Å². The first-order valence-electron chi connectivity index (χ1n) is 8.74. The quantitative estimate of drug-likeness (QED) is 0.798. The molecule has 1 fully saturated rings. The number of hydrogen-bond donors (Lipinski definition) is 0. The zero-order valence-corrected chi connectivity index (χ0v) is 15.1. The minimum Gasteiger partial charge on any atom is -0.464 e. The topological polar surface area (TPSA) is 63.7 Å². The van der Waals surface area contributed by atoms with E-state index in [2.05, 4.69) is 10.00 Å². The molecule has 2 aromatic rings. The Labute approximate surface area is 148 Å². The average molecular weight is 346 g/mol. The van der Waals surface area contributed by atoms with Gasteiger partial charge in [0.1, 0.15) is 23.3 Å². The lowest BCUT2D eigenvalue weighted by Gasteiger charge is -2.33. The van der Waals surface area contributed by atoms with Crippen molar-refractivity contribution in [3.63, 3.8) is 0 Å². The van der Waals surface area contributed by atoms with Gasteiger partial charge in [0, 0.05) is 25.7 Å². The molecule has 7 heteroatoms. The molecule has 1 unspecified atom stereocenters. The maximum atomic E-state index is 13.0. The van der Waals surface area contributed by atoms with E-state index in [9.17, 15) is 4.79 Å². The van der Waals surface area contributed by atoms with Gasteiger partial charge in [-0.3, -0.25) is 9.48 Å². The average Bonchev–Trinajstić information content (AvgIpc) is 3.28. The number of amides is 1. The smallest absolute Gasteiger partial charge is 0.275 e. The third-order valence-corrected chi connectivity index (χ3v) is 4.38. The Morgan fingerprint density at radius 1 is 1.36 bits per heavy atom. The van der Waals surface area contributed by atoms with Crippen LogP contribution in [-0.2, 0) is 17.7 Å². The van der Waals surface area contributed by atoms with E-state index in [-0.39, 0.29) is 11.9 Å². The summed E-state index contributed by atoms with van der Waals surface area (Å²) in [6, 6.07) is 5.48. The second-order valence-electron chi connectivity index (χ2n) is 6.51. The van der Waals surface area contributed by atoms with Crippen LogP contribution in [0.25, 0.3) is 0 Å². The number of aromatic nitrogens is 2. The zero-order chi connectivity index (χ0) is 17.8. The van der Waals surface area contributed by atoms with E-state index < -0.39 is 0 Å². The number of rotatable bonds is 6. The Morgan fingerprint density at radius 2 is 2.20 bits per heavy atom. The van der Waals surface area contributed by atoms with Gasteiger partial charge in [-0.1, -0.05) is 6.92 Å². The van der Waals surface area contributed by atoms with Crippen molar-refractivity contribution in [2.45, 2.75) is 25.9 Å². The van der Waals surface area contributed by atoms with Crippen molar-refractivity contribution >= 4 is 5.91 Å². The molecule has 7 nitrogen and oxygen atoms in total. The van der Waals surface area contributed by atoms with E-state index in [0.717, 1.165) is 31.0 Å². The number of morpholine rings is 1. The van der Waals surface area contributed by atoms with Crippen LogP contribution >= 0.6 is 0 Å². The van der Waals surface area contributed by atoms with Gasteiger partial charge in [0.25, 0.3) is 5.91 Å². The van der Waals surface area contributed by atoms with Crippen LogP contribution in [0, 0.1) is 0 Å². The number of carbonyl (C=O) groups is 1. The minimum absolute atomic E-state index is 0.0775. The number of likely N-dealkylation sites (N-methyl/N-ethyl adjacent to an activating group) is 1. The Morgan fingerprint density at radius 3 is 2.92 bits per heavy atom. The molecule has 0 aliphatic carbocycles. The molecule has 1 saturated heterocycles. The Bertz CT molecular complexity index is 707. The molecule has 1 aliphatic rings. The van der Waals surface area contributed by atoms with Crippen molar-refractivity contribution in [3.8, 4) is 0 Å². The van der Waals surface area contributed by atoms with Crippen LogP contribution in [0.4, 0.5) is 0 Å². The highest BCUT2D eigenvalue weighted by Gasteiger charge is 2.32. The molecule has 0 radical (unpaired) electrons. The van der Waals surface area contributed by atoms with Crippen LogP contribution in [0.5, 0.6) is 0 Å². The van der Waals surface area contributed by atoms with Crippen LogP contribution in [0.15, 0.2) is 28.8 Å². The van der Waals surface area contributed by atoms with E-state index >= 15 is 0 Å². The summed E-state index contributed by atoms with van der Waals surface area (Å²) in [5.41, 5.74) is 0.466. The maximum Gasteiger partial charge on any atom is 0.275 e. The first-order valence-corrected chi connectivity index (χ1v) is 8.74. The van der Waals surface area contributed by atoms with Gasteiger partial charge in [-0.15, -0.1) is 0 Å². The normalized spacial score (nSPS) is 18.1. The Balaban J connectivity index is 1.74. The molecule has 0 bridgehead atoms. The summed E-state index contributed by atoms with van der Waals surface area (Å²) < 4.78 is 13.2. The number of aryl methyl sites for hydroxylation is 1. The third-order valence-electron chi connectivity index (χ3n) is 4.38. The molecular weight excluding hydrogens is 320 g/mol. The van der Waals surface area contributed by atoms with Crippen LogP contribution in [0.3, 0.4) is 0 Å². The molecule has 1 amide bonds. The fourth-order valence-electron chi connectivity index (χ4n) is 2.90. The molecule has 0 N–H and O–H groups in total. The third kappa shape index (κ3) is 4.11. The van der Waals surface area contributed by atoms with Crippen molar-refractivity contribution in [3.05, 3.63) is 41.6 Å². The van der Waals surface area contributed by atoms with Crippen LogP contribution in [-0.4, -0.2) is 65.9 Å². The largest absolute Gasteiger partial charge is 0.464 e. The van der Waals surface area contributed by atoms with Gasteiger partial charge >= 0.3 is 0 Å². The predicted molar refractivity (Wildman–Crippen MR) is 93.5 cm³/mol. The Hall–Kier alpha value is -2.12. The highest BCUT2D eigenvalue weighted by atomic mass is 16.5. The molecule has 136 valence electrons. The van der Waals surface area contributed by atoms with E-state index in [4.69, 9.17) is 9.15 Å². The van der Waals surface area contributed by atoms with E-state index in [1.165, 1.54) is 0 Å². The fraction of sp³-hybridized carbons (Fsp3) is 0.556. The predicted octanol–water partition coefficient (Wildman–Crippen LogP) is 1.81. The van der Waals surface area contributed by atoms with E-state index in [1.54, 1.807) is 11.0 Å². The summed E-state index contributed by atoms with van der Waals surface area (Å²) in [4.78, 5) is 16.8. The lowest BCUT2D eigenvalue weighted by Crippen LogP contribution is -2.43. The maximum absolute atomic E-state index is 13.0. The highest BCUT2D eigenvalue weighted by molar-refractivity contribution is 5.92. The standard InChI is InChI=1S/C18H26N4O3/c1-4-14-5-6-17(25-14)16-13-24-12-11-22(16)18(23)15-7-8-21(19-15)10-9-20(2)3/h5-8,16H,4,9-13H2,1-3H3. The molecule has 3 rings (SSSR count). The van der Waals surface area contributed by atoms with Crippen molar-refractivity contribution in [2.24, 2.45) is 0 Å². The summed E-state index contributed by atoms with van der Waals surface area (Å²) >= 11 is 0. The summed E-state index contributed by atoms with van der Waals surface area (Å²) in [5.74, 6) is 1.62. The van der Waals surface area contributed by atoms with E-state index in [1.807, 2.05) is 44.0 Å². The second kappa shape index (κ2) is 7.84. The molecule has 0 spiro atoms. The van der Waals surface area contributed by atoms with Gasteiger partial charge in [0.15, 0.2) is 0 Å². The molecule has 1 aliphatic heterocycles. The number of furan rings is 1. The summed E-state index contributed by atoms with van der Waals surface area (Å²) in [6.45, 7) is 5.20. The first kappa shape index (κ1) is 17.7. The second-order valence-corrected chi connectivity index (χ2v) is 6.51. The molecule has 3 heterocycles. The fourth-order valence-corrected chi connectivity index (χ4v) is 2.90. The molecule has 25 heavy (non-hydrogen) atoms. The number of carbonyl (C=O) groups excluding carboxylic acids is 1. The summed E-state index contributed by atoms with van der Waals surface area (Å²) in [5, 5.41) is 4.43. The van der Waals surface area contributed by atoms with Gasteiger partial charge in [-0.05, 0) is 32.3 Å². The van der Waals surface area contributed by atoms with Crippen LogP contribution in [0.2, 0.25) is 0 Å². The van der Waals surface area contributed by atoms with Gasteiger partial charge < -0.3 is 19.0 Å². The number of ether oxygens (including phenoxy) is 1. The minimum atomic E-state index is -0.200. The van der Waals surface area contributed by atoms with Crippen LogP contribution < -0.4 is 0 Å². The Kier molecular flexibility index (Phi) is 5.55. The van der Waals surface area contributed by atoms with Crippen molar-refractivity contribution < 1.29 is 13.9 Å². The molecule has 0 aromatic carbocycles. The lowest BCUT2D eigenvalue weighted by molar-refractivity contribution is -0.00934. The van der Waals surface area contributed by atoms with Crippen molar-refractivity contribution in [1.29, 1.82) is 0 Å². The number of nitrogens with zero attached hydrogens (tertiary/aromatic N) is 4. The van der Waals surface area contributed by atoms with Gasteiger partial charge in [-0.25, -0.2) is 0 Å². The van der Waals surface area contributed by atoms with Crippen molar-refractivity contribution in [1.82, 2.24) is 19.6 Å². The molecular formula is C18H26N4O3. The van der Waals surface area contributed by atoms with Crippen molar-refractivity contribution in [2.75, 3.05) is 40.4 Å². The van der Waals surface area contributed by atoms with Gasteiger partial charge in [0.2, 0.25) is 0 Å². The summed E-state index contributed by atoms with van der Waals surface area (Å²) in [6.07, 6.45) is 2.69. The zero-order valence-electron chi connectivity index (χ0n) is 15.1.